The Bertz CT molecular complexity index is 579. The van der Waals surface area contributed by atoms with E-state index in [0.29, 0.717) is 0 Å². The van der Waals surface area contributed by atoms with Gasteiger partial charge >= 0.3 is 0 Å². The number of benzene rings is 2. The molecule has 3 N–H and O–H groups in total. The molecule has 0 spiro atoms. The molecule has 0 bridgehead atoms. The molecule has 0 saturated carbocycles. The highest BCUT2D eigenvalue weighted by atomic mass is 16.5. The minimum Gasteiger partial charge on any atom is -0.496 e. The molecule has 2 aromatic rings. The van der Waals surface area contributed by atoms with Gasteiger partial charge in [0, 0.05) is 17.9 Å². The Hall–Kier alpha value is -2.16. The van der Waals surface area contributed by atoms with Crippen LogP contribution >= 0.6 is 0 Å². The normalized spacial score (nSPS) is 10.3. The van der Waals surface area contributed by atoms with Crippen LogP contribution in [0.1, 0.15) is 16.7 Å². The Balaban J connectivity index is 2.13. The number of hydrogen-bond acceptors (Lipinski definition) is 3. The molecule has 3 nitrogen and oxygen atoms in total. The van der Waals surface area contributed by atoms with Crippen molar-refractivity contribution in [3.8, 4) is 5.75 Å². The number of hydrogen-bond donors (Lipinski definition) is 2. The third-order valence-corrected chi connectivity index (χ3v) is 3.18. The summed E-state index contributed by atoms with van der Waals surface area (Å²) in [5.74, 6) is 0.923. The molecule has 0 saturated heterocycles. The van der Waals surface area contributed by atoms with Crippen molar-refractivity contribution < 1.29 is 4.74 Å². The smallest absolute Gasteiger partial charge is 0.122 e. The van der Waals surface area contributed by atoms with Gasteiger partial charge in [0.25, 0.3) is 0 Å². The molecular weight excluding hydrogens is 236 g/mol. The van der Waals surface area contributed by atoms with Crippen LogP contribution in [-0.4, -0.2) is 7.11 Å². The monoisotopic (exact) mass is 256 g/mol. The average Bonchev–Trinajstić information content (AvgIpc) is 2.39. The highest BCUT2D eigenvalue weighted by molar-refractivity contribution is 5.57. The number of aryl methyl sites for hydroxylation is 2. The molecule has 0 atom stereocenters. The maximum Gasteiger partial charge on any atom is 0.122 e. The first-order chi connectivity index (χ1) is 9.10. The van der Waals surface area contributed by atoms with Gasteiger partial charge in [-0.1, -0.05) is 12.1 Å². The van der Waals surface area contributed by atoms with Crippen molar-refractivity contribution in [3.05, 3.63) is 53.1 Å². The van der Waals surface area contributed by atoms with Gasteiger partial charge < -0.3 is 15.8 Å². The number of nitrogens with one attached hydrogen (secondary N) is 1. The van der Waals surface area contributed by atoms with Crippen molar-refractivity contribution in [1.29, 1.82) is 0 Å². The van der Waals surface area contributed by atoms with Crippen molar-refractivity contribution in [2.45, 2.75) is 20.4 Å². The second-order valence-electron chi connectivity index (χ2n) is 4.74. The lowest BCUT2D eigenvalue weighted by Gasteiger charge is -2.13. The van der Waals surface area contributed by atoms with Crippen LogP contribution < -0.4 is 15.8 Å². The number of ether oxygens (including phenoxy) is 1. The molecule has 100 valence electrons. The standard InChI is InChI=1S/C16H20N2O/c1-11-8-16(19-3)12(2)7-15(11)18-10-13-5-4-6-14(17)9-13/h4-9,18H,10,17H2,1-3H3. The van der Waals surface area contributed by atoms with Crippen molar-refractivity contribution in [2.24, 2.45) is 0 Å². The maximum absolute atomic E-state index is 5.78. The van der Waals surface area contributed by atoms with Gasteiger partial charge in [0.05, 0.1) is 7.11 Å². The van der Waals surface area contributed by atoms with Crippen molar-refractivity contribution in [3.63, 3.8) is 0 Å². The topological polar surface area (TPSA) is 47.3 Å². The molecule has 0 unspecified atom stereocenters. The second kappa shape index (κ2) is 5.65. The highest BCUT2D eigenvalue weighted by Gasteiger charge is 2.04. The summed E-state index contributed by atoms with van der Waals surface area (Å²) in [6, 6.07) is 12.1. The molecule has 0 radical (unpaired) electrons. The fraction of sp³-hybridized carbons (Fsp3) is 0.250. The first-order valence-electron chi connectivity index (χ1n) is 6.33. The molecule has 0 amide bonds. The Morgan fingerprint density at radius 1 is 1.11 bits per heavy atom. The van der Waals surface area contributed by atoms with Crippen LogP contribution in [0.25, 0.3) is 0 Å². The number of rotatable bonds is 4. The molecule has 2 aromatic carbocycles. The summed E-state index contributed by atoms with van der Waals surface area (Å²) in [6.07, 6.45) is 0. The van der Waals surface area contributed by atoms with Crippen LogP contribution in [0.3, 0.4) is 0 Å². The lowest BCUT2D eigenvalue weighted by molar-refractivity contribution is 0.411. The Morgan fingerprint density at radius 3 is 2.58 bits per heavy atom. The predicted octanol–water partition coefficient (Wildman–Crippen LogP) is 3.51. The summed E-state index contributed by atoms with van der Waals surface area (Å²) < 4.78 is 5.31. The minimum absolute atomic E-state index is 0.762. The Labute approximate surface area is 114 Å². The lowest BCUT2D eigenvalue weighted by atomic mass is 10.1. The van der Waals surface area contributed by atoms with E-state index in [1.54, 1.807) is 7.11 Å². The molecule has 0 heterocycles. The third kappa shape index (κ3) is 3.19. The predicted molar refractivity (Wildman–Crippen MR) is 80.6 cm³/mol. The second-order valence-corrected chi connectivity index (χ2v) is 4.74. The first kappa shape index (κ1) is 13.3. The van der Waals surface area contributed by atoms with Crippen LogP contribution in [-0.2, 0) is 6.54 Å². The van der Waals surface area contributed by atoms with E-state index in [1.165, 1.54) is 11.1 Å². The lowest BCUT2D eigenvalue weighted by Crippen LogP contribution is -2.02. The summed E-state index contributed by atoms with van der Waals surface area (Å²) in [5.41, 5.74) is 11.2. The minimum atomic E-state index is 0.762. The van der Waals surface area contributed by atoms with E-state index in [1.807, 2.05) is 25.1 Å². The average molecular weight is 256 g/mol. The SMILES string of the molecule is COc1cc(C)c(NCc2cccc(N)c2)cc1C. The van der Waals surface area contributed by atoms with E-state index in [4.69, 9.17) is 10.5 Å². The summed E-state index contributed by atoms with van der Waals surface area (Å²) in [7, 11) is 1.70. The number of anilines is 2. The molecule has 19 heavy (non-hydrogen) atoms. The molecule has 0 fully saturated rings. The number of nitrogen functional groups attached to an aromatic ring is 1. The first-order valence-corrected chi connectivity index (χ1v) is 6.33. The fourth-order valence-electron chi connectivity index (χ4n) is 2.10. The summed E-state index contributed by atoms with van der Waals surface area (Å²) in [6.45, 7) is 4.88. The zero-order valence-electron chi connectivity index (χ0n) is 11.7. The van der Waals surface area contributed by atoms with Gasteiger partial charge in [-0.25, -0.2) is 0 Å². The van der Waals surface area contributed by atoms with Gasteiger partial charge in [0.15, 0.2) is 0 Å². The summed E-state index contributed by atoms with van der Waals surface area (Å²) >= 11 is 0. The van der Waals surface area contributed by atoms with Crippen LogP contribution in [0.4, 0.5) is 11.4 Å². The largest absolute Gasteiger partial charge is 0.496 e. The van der Waals surface area contributed by atoms with Crippen molar-refractivity contribution >= 4 is 11.4 Å². The van der Waals surface area contributed by atoms with Gasteiger partial charge in [-0.05, 0) is 54.8 Å². The zero-order chi connectivity index (χ0) is 13.8. The van der Waals surface area contributed by atoms with Crippen LogP contribution in [0.5, 0.6) is 5.75 Å². The molecule has 2 rings (SSSR count). The fourth-order valence-corrected chi connectivity index (χ4v) is 2.10. The number of methoxy groups -OCH3 is 1. The zero-order valence-corrected chi connectivity index (χ0v) is 11.7. The van der Waals surface area contributed by atoms with Crippen LogP contribution in [0.2, 0.25) is 0 Å². The summed E-state index contributed by atoms with van der Waals surface area (Å²) in [5, 5.41) is 3.44. The van der Waals surface area contributed by atoms with Gasteiger partial charge in [-0.3, -0.25) is 0 Å². The molecule has 0 aliphatic carbocycles. The van der Waals surface area contributed by atoms with E-state index in [0.717, 1.165) is 29.2 Å². The van der Waals surface area contributed by atoms with E-state index in [2.05, 4.69) is 30.4 Å². The van der Waals surface area contributed by atoms with Gasteiger partial charge in [0.1, 0.15) is 5.75 Å². The Kier molecular flexibility index (Phi) is 3.95. The highest BCUT2D eigenvalue weighted by Crippen LogP contribution is 2.26. The van der Waals surface area contributed by atoms with E-state index < -0.39 is 0 Å². The quantitative estimate of drug-likeness (QED) is 0.823. The molecular formula is C16H20N2O. The number of nitrogens with two attached hydrogens (primary N) is 1. The van der Waals surface area contributed by atoms with Crippen LogP contribution in [0, 0.1) is 13.8 Å². The van der Waals surface area contributed by atoms with Gasteiger partial charge in [0.2, 0.25) is 0 Å². The van der Waals surface area contributed by atoms with Gasteiger partial charge in [-0.2, -0.15) is 0 Å². The van der Waals surface area contributed by atoms with E-state index in [9.17, 15) is 0 Å². The van der Waals surface area contributed by atoms with Crippen LogP contribution in [0.15, 0.2) is 36.4 Å². The summed E-state index contributed by atoms with van der Waals surface area (Å²) in [4.78, 5) is 0. The molecule has 0 aliphatic heterocycles. The Morgan fingerprint density at radius 2 is 1.89 bits per heavy atom. The van der Waals surface area contributed by atoms with E-state index >= 15 is 0 Å². The van der Waals surface area contributed by atoms with E-state index in [-0.39, 0.29) is 0 Å². The van der Waals surface area contributed by atoms with Gasteiger partial charge in [-0.15, -0.1) is 0 Å². The van der Waals surface area contributed by atoms with Crippen molar-refractivity contribution in [2.75, 3.05) is 18.2 Å². The van der Waals surface area contributed by atoms with Crippen molar-refractivity contribution in [1.82, 2.24) is 0 Å². The maximum atomic E-state index is 5.78. The third-order valence-electron chi connectivity index (χ3n) is 3.18. The molecule has 0 aromatic heterocycles. The molecule has 3 heteroatoms. The molecule has 0 aliphatic rings.